The van der Waals surface area contributed by atoms with Crippen molar-refractivity contribution in [1.29, 1.82) is 0 Å². The van der Waals surface area contributed by atoms with Gasteiger partial charge in [-0.25, -0.2) is 13.1 Å². The van der Waals surface area contributed by atoms with Gasteiger partial charge in [-0.05, 0) is 44.2 Å². The van der Waals surface area contributed by atoms with Crippen molar-refractivity contribution < 1.29 is 13.2 Å². The molecule has 144 valence electrons. The van der Waals surface area contributed by atoms with Crippen molar-refractivity contribution in [2.45, 2.75) is 56.6 Å². The van der Waals surface area contributed by atoms with Crippen molar-refractivity contribution in [3.05, 3.63) is 41.6 Å². The predicted octanol–water partition coefficient (Wildman–Crippen LogP) is 3.05. The highest BCUT2D eigenvalue weighted by Crippen LogP contribution is 2.31. The van der Waals surface area contributed by atoms with Crippen LogP contribution in [0.3, 0.4) is 0 Å². The van der Waals surface area contributed by atoms with Crippen LogP contribution in [0.2, 0.25) is 0 Å². The Morgan fingerprint density at radius 2 is 1.85 bits per heavy atom. The monoisotopic (exact) mass is 387 g/mol. The average molecular weight is 388 g/mol. The van der Waals surface area contributed by atoms with Crippen LogP contribution in [0.5, 0.6) is 0 Å². The van der Waals surface area contributed by atoms with Crippen LogP contribution in [-0.4, -0.2) is 35.1 Å². The normalized spacial score (nSPS) is 17.2. The fourth-order valence-electron chi connectivity index (χ4n) is 4.12. The maximum absolute atomic E-state index is 12.5. The minimum absolute atomic E-state index is 0.00637. The summed E-state index contributed by atoms with van der Waals surface area (Å²) < 4.78 is 26.6. The molecule has 1 amide bonds. The molecule has 0 unspecified atom stereocenters. The first kappa shape index (κ1) is 18.2. The number of amides is 1. The number of sulfone groups is 1. The number of hydrogen-bond acceptors (Lipinski definition) is 4. The lowest BCUT2D eigenvalue weighted by Gasteiger charge is -2.13. The number of aryl methyl sites for hydroxylation is 1. The SMILES string of the molecule is O=C(CCS(=O)(=O)C1CCCC1)Nc1c2c(nn1-c1ccccc1)CCC2. The maximum Gasteiger partial charge on any atom is 0.226 e. The maximum atomic E-state index is 12.5. The number of rotatable bonds is 6. The molecular formula is C20H25N3O3S. The van der Waals surface area contributed by atoms with Crippen LogP contribution in [0.4, 0.5) is 5.82 Å². The third-order valence-electron chi connectivity index (χ3n) is 5.59. The van der Waals surface area contributed by atoms with E-state index >= 15 is 0 Å². The summed E-state index contributed by atoms with van der Waals surface area (Å²) in [4.78, 5) is 12.5. The van der Waals surface area contributed by atoms with Crippen molar-refractivity contribution in [3.63, 3.8) is 0 Å². The molecule has 7 heteroatoms. The first-order valence-corrected chi connectivity index (χ1v) is 11.4. The van der Waals surface area contributed by atoms with Gasteiger partial charge in [0.25, 0.3) is 0 Å². The number of carbonyl (C=O) groups is 1. The summed E-state index contributed by atoms with van der Waals surface area (Å²) in [6.07, 6.45) is 6.24. The molecule has 0 bridgehead atoms. The summed E-state index contributed by atoms with van der Waals surface area (Å²) in [5.41, 5.74) is 2.99. The molecule has 1 aromatic carbocycles. The lowest BCUT2D eigenvalue weighted by atomic mass is 10.2. The van der Waals surface area contributed by atoms with Gasteiger partial charge in [0, 0.05) is 12.0 Å². The highest BCUT2D eigenvalue weighted by molar-refractivity contribution is 7.92. The molecule has 1 fully saturated rings. The summed E-state index contributed by atoms with van der Waals surface area (Å²) in [5.74, 6) is 0.353. The lowest BCUT2D eigenvalue weighted by molar-refractivity contribution is -0.115. The highest BCUT2D eigenvalue weighted by Gasteiger charge is 2.29. The third kappa shape index (κ3) is 3.78. The molecule has 0 spiro atoms. The van der Waals surface area contributed by atoms with E-state index in [2.05, 4.69) is 10.4 Å². The van der Waals surface area contributed by atoms with Crippen molar-refractivity contribution in [2.24, 2.45) is 0 Å². The summed E-state index contributed by atoms with van der Waals surface area (Å²) in [7, 11) is -3.19. The molecule has 1 saturated carbocycles. The fraction of sp³-hybridized carbons (Fsp3) is 0.500. The van der Waals surface area contributed by atoms with E-state index in [1.807, 2.05) is 30.3 Å². The van der Waals surface area contributed by atoms with Gasteiger partial charge in [-0.3, -0.25) is 4.79 Å². The van der Waals surface area contributed by atoms with Gasteiger partial charge in [0.2, 0.25) is 5.91 Å². The van der Waals surface area contributed by atoms with Crippen LogP contribution < -0.4 is 5.32 Å². The molecule has 2 aromatic rings. The van der Waals surface area contributed by atoms with E-state index in [1.54, 1.807) is 4.68 Å². The van der Waals surface area contributed by atoms with Gasteiger partial charge in [-0.2, -0.15) is 5.10 Å². The van der Waals surface area contributed by atoms with Gasteiger partial charge in [0.15, 0.2) is 9.84 Å². The van der Waals surface area contributed by atoms with Crippen LogP contribution in [0.15, 0.2) is 30.3 Å². The van der Waals surface area contributed by atoms with Gasteiger partial charge in [-0.15, -0.1) is 0 Å². The predicted molar refractivity (Wildman–Crippen MR) is 105 cm³/mol. The number of anilines is 1. The van der Waals surface area contributed by atoms with E-state index in [4.69, 9.17) is 0 Å². The molecule has 6 nitrogen and oxygen atoms in total. The number of nitrogens with one attached hydrogen (secondary N) is 1. The van der Waals surface area contributed by atoms with Crippen LogP contribution >= 0.6 is 0 Å². The highest BCUT2D eigenvalue weighted by atomic mass is 32.2. The second-order valence-corrected chi connectivity index (χ2v) is 9.85. The summed E-state index contributed by atoms with van der Waals surface area (Å²) in [6.45, 7) is 0. The average Bonchev–Trinajstić information content (AvgIpc) is 3.40. The number of benzene rings is 1. The molecule has 2 aliphatic rings. The first-order chi connectivity index (χ1) is 13.0. The number of fused-ring (bicyclic) bond motifs is 1. The Kier molecular flexibility index (Phi) is 5.04. The van der Waals surface area contributed by atoms with Gasteiger partial charge < -0.3 is 5.32 Å². The van der Waals surface area contributed by atoms with E-state index in [0.717, 1.165) is 61.9 Å². The van der Waals surface area contributed by atoms with E-state index in [1.165, 1.54) is 0 Å². The van der Waals surface area contributed by atoms with E-state index in [-0.39, 0.29) is 23.3 Å². The van der Waals surface area contributed by atoms with E-state index < -0.39 is 9.84 Å². The Morgan fingerprint density at radius 3 is 2.59 bits per heavy atom. The van der Waals surface area contributed by atoms with Crippen LogP contribution in [0.25, 0.3) is 5.69 Å². The molecule has 0 saturated heterocycles. The van der Waals surface area contributed by atoms with Gasteiger partial charge in [0.1, 0.15) is 5.82 Å². The Balaban J connectivity index is 1.50. The van der Waals surface area contributed by atoms with Crippen molar-refractivity contribution in [1.82, 2.24) is 9.78 Å². The Labute approximate surface area is 159 Å². The van der Waals surface area contributed by atoms with Crippen molar-refractivity contribution in [2.75, 3.05) is 11.1 Å². The molecule has 1 N–H and O–H groups in total. The van der Waals surface area contributed by atoms with Crippen molar-refractivity contribution in [3.8, 4) is 5.69 Å². The summed E-state index contributed by atoms with van der Waals surface area (Å²) >= 11 is 0. The molecular weight excluding hydrogens is 362 g/mol. The van der Waals surface area contributed by atoms with Gasteiger partial charge in [-0.1, -0.05) is 31.0 Å². The number of aromatic nitrogens is 2. The van der Waals surface area contributed by atoms with Crippen LogP contribution in [0.1, 0.15) is 49.8 Å². The molecule has 0 atom stereocenters. The minimum atomic E-state index is -3.19. The minimum Gasteiger partial charge on any atom is -0.310 e. The summed E-state index contributed by atoms with van der Waals surface area (Å²) in [6, 6.07) is 9.70. The van der Waals surface area contributed by atoms with Crippen molar-refractivity contribution >= 4 is 21.6 Å². The molecule has 0 aliphatic heterocycles. The lowest BCUT2D eigenvalue weighted by Crippen LogP contribution is -2.25. The number of nitrogens with zero attached hydrogens (tertiary/aromatic N) is 2. The zero-order valence-corrected chi connectivity index (χ0v) is 16.2. The number of para-hydroxylation sites is 1. The van der Waals surface area contributed by atoms with Gasteiger partial charge >= 0.3 is 0 Å². The molecule has 4 rings (SSSR count). The molecule has 0 radical (unpaired) electrons. The molecule has 2 aliphatic carbocycles. The topological polar surface area (TPSA) is 81.1 Å². The first-order valence-electron chi connectivity index (χ1n) is 9.72. The standard InChI is InChI=1S/C20H25N3O3S/c24-19(13-14-27(25,26)16-9-4-5-10-16)21-20-17-11-6-12-18(17)22-23(20)15-7-2-1-3-8-15/h1-3,7-8,16H,4-6,9-14H2,(H,21,24). The largest absolute Gasteiger partial charge is 0.310 e. The second kappa shape index (κ2) is 7.46. The Hall–Kier alpha value is -2.15. The molecule has 27 heavy (non-hydrogen) atoms. The second-order valence-electron chi connectivity index (χ2n) is 7.45. The quantitative estimate of drug-likeness (QED) is 0.826. The smallest absolute Gasteiger partial charge is 0.226 e. The van der Waals surface area contributed by atoms with Crippen LogP contribution in [0, 0.1) is 0 Å². The fourth-order valence-corrected chi connectivity index (χ4v) is 5.97. The zero-order chi connectivity index (χ0) is 18.9. The number of hydrogen-bond donors (Lipinski definition) is 1. The zero-order valence-electron chi connectivity index (χ0n) is 15.4. The third-order valence-corrected chi connectivity index (χ3v) is 7.85. The number of carbonyl (C=O) groups excluding carboxylic acids is 1. The summed E-state index contributed by atoms with van der Waals surface area (Å²) in [5, 5.41) is 7.36. The van der Waals surface area contributed by atoms with Crippen LogP contribution in [-0.2, 0) is 27.5 Å². The van der Waals surface area contributed by atoms with E-state index in [9.17, 15) is 13.2 Å². The van der Waals surface area contributed by atoms with Gasteiger partial charge in [0.05, 0.1) is 22.4 Å². The Bertz CT molecular complexity index is 929. The molecule has 1 heterocycles. The Morgan fingerprint density at radius 1 is 1.11 bits per heavy atom. The van der Waals surface area contributed by atoms with E-state index in [0.29, 0.717) is 5.82 Å². The molecule has 1 aromatic heterocycles.